The highest BCUT2D eigenvalue weighted by molar-refractivity contribution is 7.93. The van der Waals surface area contributed by atoms with Crippen LogP contribution >= 0.6 is 0 Å². The summed E-state index contributed by atoms with van der Waals surface area (Å²) < 4.78 is 52.8. The van der Waals surface area contributed by atoms with Gasteiger partial charge in [0.05, 0.1) is 29.0 Å². The third-order valence-electron chi connectivity index (χ3n) is 5.75. The van der Waals surface area contributed by atoms with E-state index in [1.54, 1.807) is 13.8 Å². The monoisotopic (exact) mass is 484 g/mol. The molecule has 0 aromatic carbocycles. The van der Waals surface area contributed by atoms with Gasteiger partial charge in [-0.05, 0) is 58.6 Å². The lowest BCUT2D eigenvalue weighted by Gasteiger charge is -2.40. The van der Waals surface area contributed by atoms with Crippen LogP contribution in [0.25, 0.3) is 0 Å². The maximum atomic E-state index is 12.9. The van der Waals surface area contributed by atoms with Crippen LogP contribution in [-0.2, 0) is 14.6 Å². The molecule has 1 aromatic heterocycles. The van der Waals surface area contributed by atoms with Gasteiger partial charge in [0, 0.05) is 28.9 Å². The predicted molar refractivity (Wildman–Crippen MR) is 120 cm³/mol. The molecule has 2 aliphatic rings. The van der Waals surface area contributed by atoms with Crippen molar-refractivity contribution in [2.24, 2.45) is 5.92 Å². The maximum Gasteiger partial charge on any atom is 0.387 e. The van der Waals surface area contributed by atoms with E-state index in [-0.39, 0.29) is 40.8 Å². The minimum atomic E-state index is -3.09. The number of carbonyl (C=O) groups is 1. The van der Waals surface area contributed by atoms with Crippen LogP contribution in [-0.4, -0.2) is 54.7 Å². The number of aromatic nitrogens is 1. The van der Waals surface area contributed by atoms with Gasteiger partial charge >= 0.3 is 6.61 Å². The Hall–Kier alpha value is -2.56. The molecule has 1 aliphatic carbocycles. The molecule has 0 unspecified atom stereocenters. The number of hydrogen-bond donors (Lipinski definition) is 3. The Balaban J connectivity index is 1.83. The normalized spacial score (nSPS) is 21.5. The van der Waals surface area contributed by atoms with Crippen molar-refractivity contribution in [1.29, 1.82) is 5.41 Å². The van der Waals surface area contributed by atoms with Crippen molar-refractivity contribution in [3.63, 3.8) is 0 Å². The topological polar surface area (TPSA) is 121 Å². The summed E-state index contributed by atoms with van der Waals surface area (Å²) in [4.78, 5) is 17.0. The molecule has 0 spiro atoms. The smallest absolute Gasteiger partial charge is 0.387 e. The molecule has 0 saturated carbocycles. The molecule has 0 bridgehead atoms. The second-order valence-corrected chi connectivity index (χ2v) is 11.4. The summed E-state index contributed by atoms with van der Waals surface area (Å²) in [5.41, 5.74) is 1.75. The van der Waals surface area contributed by atoms with Crippen molar-refractivity contribution in [3.05, 3.63) is 34.8 Å². The number of pyridine rings is 1. The van der Waals surface area contributed by atoms with Crippen LogP contribution < -0.4 is 15.4 Å². The van der Waals surface area contributed by atoms with Gasteiger partial charge in [-0.3, -0.25) is 15.2 Å². The van der Waals surface area contributed by atoms with Gasteiger partial charge < -0.3 is 15.4 Å². The van der Waals surface area contributed by atoms with E-state index < -0.39 is 22.0 Å². The number of carbonyl (C=O) groups excluding carboxylic acids is 1. The van der Waals surface area contributed by atoms with E-state index in [2.05, 4.69) is 20.4 Å². The van der Waals surface area contributed by atoms with Crippen LogP contribution in [0.2, 0.25) is 0 Å². The van der Waals surface area contributed by atoms with Gasteiger partial charge in [0.25, 0.3) is 0 Å². The second kappa shape index (κ2) is 9.36. The third kappa shape index (κ3) is 6.07. The molecule has 3 N–H and O–H groups in total. The van der Waals surface area contributed by atoms with Crippen molar-refractivity contribution in [2.45, 2.75) is 65.1 Å². The van der Waals surface area contributed by atoms with E-state index >= 15 is 0 Å². The van der Waals surface area contributed by atoms with Gasteiger partial charge in [-0.25, -0.2) is 8.42 Å². The maximum absolute atomic E-state index is 12.9. The zero-order valence-corrected chi connectivity index (χ0v) is 20.0. The predicted octanol–water partition coefficient (Wildman–Crippen LogP) is 2.71. The van der Waals surface area contributed by atoms with Crippen molar-refractivity contribution < 1.29 is 26.7 Å². The number of sulfone groups is 1. The molecule has 3 rings (SSSR count). The van der Waals surface area contributed by atoms with Gasteiger partial charge in [0.15, 0.2) is 9.84 Å². The average Bonchev–Trinajstić information content (AvgIpc) is 2.66. The highest BCUT2D eigenvalue weighted by Gasteiger charge is 2.46. The molecular weight excluding hydrogens is 454 g/mol. The summed E-state index contributed by atoms with van der Waals surface area (Å²) in [6.07, 6.45) is 2.47. The molecule has 1 saturated heterocycles. The Morgan fingerprint density at radius 1 is 1.33 bits per heavy atom. The van der Waals surface area contributed by atoms with Crippen LogP contribution in [0.15, 0.2) is 23.5 Å². The minimum absolute atomic E-state index is 0.0478. The second-order valence-electron chi connectivity index (χ2n) is 9.34. The number of amides is 1. The molecule has 2 heterocycles. The van der Waals surface area contributed by atoms with Crippen molar-refractivity contribution in [1.82, 2.24) is 15.6 Å². The third-order valence-corrected chi connectivity index (χ3v) is 7.91. The average molecular weight is 485 g/mol. The Morgan fingerprint density at radius 3 is 2.58 bits per heavy atom. The van der Waals surface area contributed by atoms with E-state index in [9.17, 15) is 22.0 Å². The van der Waals surface area contributed by atoms with E-state index in [1.165, 1.54) is 12.3 Å². The lowest BCUT2D eigenvalue weighted by atomic mass is 9.82. The summed E-state index contributed by atoms with van der Waals surface area (Å²) in [6, 6.07) is 1.43. The lowest BCUT2D eigenvalue weighted by molar-refractivity contribution is -0.126. The zero-order valence-electron chi connectivity index (χ0n) is 19.2. The van der Waals surface area contributed by atoms with Gasteiger partial charge in [0.2, 0.25) is 5.91 Å². The molecule has 1 fully saturated rings. The van der Waals surface area contributed by atoms with Gasteiger partial charge in [-0.1, -0.05) is 0 Å². The Bertz CT molecular complexity index is 1070. The van der Waals surface area contributed by atoms with E-state index in [0.29, 0.717) is 36.1 Å². The first-order valence-electron chi connectivity index (χ1n) is 10.8. The number of allylic oxidation sites excluding steroid dienone is 2. The number of halogens is 2. The zero-order chi connectivity index (χ0) is 24.6. The van der Waals surface area contributed by atoms with E-state index in [1.807, 2.05) is 13.8 Å². The first-order chi connectivity index (χ1) is 15.3. The number of nitrogens with zero attached hydrogens (tertiary/aromatic N) is 1. The fraction of sp³-hybridized carbons (Fsp3) is 0.591. The molecule has 8 nitrogen and oxygen atoms in total. The Labute approximate surface area is 192 Å². The first kappa shape index (κ1) is 25.1. The van der Waals surface area contributed by atoms with Crippen molar-refractivity contribution >= 4 is 21.5 Å². The molecule has 1 atom stereocenters. The van der Waals surface area contributed by atoms with Crippen LogP contribution in [0.5, 0.6) is 5.75 Å². The van der Waals surface area contributed by atoms with Crippen LogP contribution in [0.4, 0.5) is 8.78 Å². The molecule has 1 aromatic rings. The SMILES string of the molecule is Cc1ncc(OC(F)F)cc1C(=N)C1=C(NC(C)C)C[C@H](C(=O)NC2(C)CS(=O)(=O)C2)CC1. The summed E-state index contributed by atoms with van der Waals surface area (Å²) in [6.45, 7) is 4.32. The number of aryl methyl sites for hydroxylation is 1. The Morgan fingerprint density at radius 2 is 2.00 bits per heavy atom. The number of hydrogen-bond acceptors (Lipinski definition) is 7. The molecule has 11 heteroatoms. The molecule has 33 heavy (non-hydrogen) atoms. The number of alkyl halides is 2. The molecule has 1 aliphatic heterocycles. The summed E-state index contributed by atoms with van der Waals surface area (Å²) in [5, 5.41) is 15.0. The lowest BCUT2D eigenvalue weighted by Crippen LogP contribution is -2.64. The standard InChI is InChI=1S/C22H30F2N4O4S/c1-12(2)27-18-7-14(20(29)28-22(4)10-33(30,31)11-22)5-6-16(18)19(25)17-8-15(32-21(23)24)9-26-13(17)3/h8-9,12,14,21,25,27H,5-7,10-11H2,1-4H3,(H,28,29)/t14-/m1/s1. The highest BCUT2D eigenvalue weighted by Crippen LogP contribution is 2.33. The first-order valence-corrected chi connectivity index (χ1v) is 12.6. The molecular formula is C22H30F2N4O4S. The van der Waals surface area contributed by atoms with Crippen LogP contribution in [0, 0.1) is 18.3 Å². The van der Waals surface area contributed by atoms with Gasteiger partial charge in [-0.2, -0.15) is 8.78 Å². The highest BCUT2D eigenvalue weighted by atomic mass is 32.2. The molecule has 182 valence electrons. The summed E-state index contributed by atoms with van der Waals surface area (Å²) in [5.74, 6) is -0.817. The van der Waals surface area contributed by atoms with Crippen molar-refractivity contribution in [3.8, 4) is 5.75 Å². The number of ether oxygens (including phenoxy) is 1. The number of nitrogens with one attached hydrogen (secondary N) is 3. The van der Waals surface area contributed by atoms with Gasteiger partial charge in [0.1, 0.15) is 5.75 Å². The molecule has 0 radical (unpaired) electrons. The van der Waals surface area contributed by atoms with E-state index in [0.717, 1.165) is 5.70 Å². The van der Waals surface area contributed by atoms with Crippen molar-refractivity contribution in [2.75, 3.05) is 11.5 Å². The van der Waals surface area contributed by atoms with E-state index in [4.69, 9.17) is 5.41 Å². The fourth-order valence-electron chi connectivity index (χ4n) is 4.43. The largest absolute Gasteiger partial charge is 0.433 e. The number of rotatable bonds is 8. The summed E-state index contributed by atoms with van der Waals surface area (Å²) >= 11 is 0. The minimum Gasteiger partial charge on any atom is -0.433 e. The Kier molecular flexibility index (Phi) is 7.11. The molecule has 1 amide bonds. The van der Waals surface area contributed by atoms with Gasteiger partial charge in [-0.15, -0.1) is 0 Å². The van der Waals surface area contributed by atoms with Crippen LogP contribution in [0.1, 0.15) is 51.3 Å². The quantitative estimate of drug-likeness (QED) is 0.488. The van der Waals surface area contributed by atoms with Crippen LogP contribution in [0.3, 0.4) is 0 Å². The summed E-state index contributed by atoms with van der Waals surface area (Å²) in [7, 11) is -3.09. The fourth-order valence-corrected chi connectivity index (χ4v) is 6.43.